The summed E-state index contributed by atoms with van der Waals surface area (Å²) in [5.41, 5.74) is 10.7. The molecule has 356 valence electrons. The highest BCUT2D eigenvalue weighted by Gasteiger charge is 2.40. The summed E-state index contributed by atoms with van der Waals surface area (Å²) in [7, 11) is 0. The molecule has 0 bridgehead atoms. The van der Waals surface area contributed by atoms with Crippen LogP contribution in [0.2, 0.25) is 0 Å². The predicted octanol–water partition coefficient (Wildman–Crippen LogP) is -10.7. The fourth-order valence-corrected chi connectivity index (χ4v) is 5.76. The van der Waals surface area contributed by atoms with Crippen LogP contribution in [0.4, 0.5) is 0 Å². The van der Waals surface area contributed by atoms with Crippen molar-refractivity contribution in [2.24, 2.45) is 11.5 Å². The number of carbonyl (C=O) groups is 11. The number of hydrogen-bond donors (Lipinski definition) is 17. The monoisotopic (exact) mass is 908 g/mol. The maximum Gasteiger partial charge on any atom is 0.328 e. The Balaban J connectivity index is 3.15. The van der Waals surface area contributed by atoms with Gasteiger partial charge in [0, 0.05) is 13.0 Å². The van der Waals surface area contributed by atoms with E-state index in [2.05, 4.69) is 21.3 Å². The second-order valence-electron chi connectivity index (χ2n) is 14.2. The first-order valence-electron chi connectivity index (χ1n) is 19.1. The van der Waals surface area contributed by atoms with Gasteiger partial charge in [0.25, 0.3) is 0 Å². The van der Waals surface area contributed by atoms with Gasteiger partial charge in [0.2, 0.25) is 53.2 Å². The van der Waals surface area contributed by atoms with Gasteiger partial charge in [-0.1, -0.05) is 0 Å². The van der Waals surface area contributed by atoms with Crippen LogP contribution in [0.15, 0.2) is 0 Å². The number of carboxylic acid groups (broad SMARTS) is 2. The number of aliphatic hydroxyl groups is 6. The summed E-state index contributed by atoms with van der Waals surface area (Å²) in [6.07, 6.45) is -5.18. The Labute approximate surface area is 357 Å². The zero-order chi connectivity index (χ0) is 48.3. The van der Waals surface area contributed by atoms with Gasteiger partial charge in [0.05, 0.1) is 51.1 Å². The minimum Gasteiger partial charge on any atom is -0.481 e. The standard InChI is InChI=1S/C34H56N10O19/c1-13(49)24(42-26(54)15(35)8-23(52)53)31(59)38-17(9-45)28(56)37-16(5-6-22(36)51)27(55)43-25(14(2)50)32(60)39-18(10-46)29(57)40-19(11-47)33(61)44-7-3-4-21(44)30(58)41-20(12-48)34(62)63/h13-21,24-25,45-50H,3-12,35H2,1-2H3,(H2,36,51)(H,37,56)(H,38,59)(H,39,60)(H,40,57)(H,41,58)(H,42,54)(H,43,55)(H,52,53)(H,62,63)/t13-,14-,15+,16+,17+,18+,19+,20+,21+,24-,25+/m1/s1. The number of hydrogen-bond acceptors (Lipinski definition) is 18. The van der Waals surface area contributed by atoms with E-state index in [0.717, 1.165) is 18.7 Å². The second-order valence-corrected chi connectivity index (χ2v) is 14.2. The lowest BCUT2D eigenvalue weighted by atomic mass is 10.1. The van der Waals surface area contributed by atoms with Crippen molar-refractivity contribution in [3.8, 4) is 0 Å². The average Bonchev–Trinajstić information content (AvgIpc) is 3.71. The molecule has 0 spiro atoms. The Hall–Kier alpha value is -6.11. The van der Waals surface area contributed by atoms with E-state index >= 15 is 0 Å². The highest BCUT2D eigenvalue weighted by atomic mass is 16.4. The van der Waals surface area contributed by atoms with E-state index in [1.54, 1.807) is 0 Å². The third kappa shape index (κ3) is 17.3. The molecule has 0 aromatic rings. The number of carbonyl (C=O) groups excluding carboxylic acids is 9. The number of amides is 9. The highest BCUT2D eigenvalue weighted by Crippen LogP contribution is 2.19. The molecule has 0 radical (unpaired) electrons. The molecule has 63 heavy (non-hydrogen) atoms. The van der Waals surface area contributed by atoms with Crippen LogP contribution >= 0.6 is 0 Å². The molecule has 0 unspecified atom stereocenters. The van der Waals surface area contributed by atoms with Gasteiger partial charge in [-0.15, -0.1) is 0 Å². The number of likely N-dealkylation sites (tertiary alicyclic amines) is 1. The summed E-state index contributed by atoms with van der Waals surface area (Å²) >= 11 is 0. The van der Waals surface area contributed by atoms with Crippen molar-refractivity contribution in [1.82, 2.24) is 42.1 Å². The number of primary amides is 1. The molecule has 1 fully saturated rings. The minimum atomic E-state index is -1.99. The molecule has 29 nitrogen and oxygen atoms in total. The van der Waals surface area contributed by atoms with Crippen molar-refractivity contribution in [3.63, 3.8) is 0 Å². The van der Waals surface area contributed by atoms with Crippen molar-refractivity contribution >= 4 is 65.1 Å². The summed E-state index contributed by atoms with van der Waals surface area (Å²) in [6, 6.07) is -15.9. The predicted molar refractivity (Wildman–Crippen MR) is 206 cm³/mol. The third-order valence-electron chi connectivity index (χ3n) is 9.23. The average molecular weight is 909 g/mol. The van der Waals surface area contributed by atoms with E-state index in [0.29, 0.717) is 0 Å². The van der Waals surface area contributed by atoms with E-state index in [1.807, 2.05) is 16.0 Å². The van der Waals surface area contributed by atoms with Crippen molar-refractivity contribution in [2.45, 2.75) is 113 Å². The maximum absolute atomic E-state index is 13.4. The molecule has 29 heteroatoms. The molecular formula is C34H56N10O19. The fourth-order valence-electron chi connectivity index (χ4n) is 5.76. The van der Waals surface area contributed by atoms with Gasteiger partial charge >= 0.3 is 11.9 Å². The van der Waals surface area contributed by atoms with Gasteiger partial charge in [0.1, 0.15) is 48.3 Å². The Morgan fingerprint density at radius 2 is 1.03 bits per heavy atom. The molecule has 1 rings (SSSR count). The topological polar surface area (TPSA) is 489 Å². The smallest absolute Gasteiger partial charge is 0.328 e. The number of carboxylic acids is 2. The molecule has 1 saturated heterocycles. The molecule has 9 amide bonds. The zero-order valence-corrected chi connectivity index (χ0v) is 34.1. The van der Waals surface area contributed by atoms with Crippen molar-refractivity contribution in [3.05, 3.63) is 0 Å². The Morgan fingerprint density at radius 3 is 1.44 bits per heavy atom. The van der Waals surface area contributed by atoms with E-state index in [4.69, 9.17) is 21.7 Å². The summed E-state index contributed by atoms with van der Waals surface area (Å²) in [5.74, 6) is -13.6. The van der Waals surface area contributed by atoms with Gasteiger partial charge in [-0.25, -0.2) is 4.79 Å². The summed E-state index contributed by atoms with van der Waals surface area (Å²) < 4.78 is 0. The number of nitrogens with zero attached hydrogens (tertiary/aromatic N) is 1. The summed E-state index contributed by atoms with van der Waals surface area (Å²) in [5, 5.41) is 91.9. The molecule has 1 aliphatic heterocycles. The van der Waals surface area contributed by atoms with Crippen LogP contribution in [0, 0.1) is 0 Å². The third-order valence-corrected chi connectivity index (χ3v) is 9.23. The molecule has 11 atom stereocenters. The van der Waals surface area contributed by atoms with Gasteiger partial charge < -0.3 is 94.4 Å². The van der Waals surface area contributed by atoms with Crippen molar-refractivity contribution in [2.75, 3.05) is 33.0 Å². The van der Waals surface area contributed by atoms with Crippen molar-refractivity contribution < 1.29 is 93.6 Å². The van der Waals surface area contributed by atoms with E-state index in [-0.39, 0.29) is 19.4 Å². The number of nitrogens with one attached hydrogen (secondary N) is 7. The van der Waals surface area contributed by atoms with Crippen molar-refractivity contribution in [1.29, 1.82) is 0 Å². The molecule has 1 aliphatic rings. The Kier molecular flexibility index (Phi) is 23.0. The largest absolute Gasteiger partial charge is 0.481 e. The second kappa shape index (κ2) is 26.4. The normalized spacial score (nSPS) is 18.2. The van der Waals surface area contributed by atoms with Gasteiger partial charge in [-0.2, -0.15) is 0 Å². The van der Waals surface area contributed by atoms with Crippen LogP contribution in [-0.4, -0.2) is 210 Å². The number of rotatable bonds is 27. The van der Waals surface area contributed by atoms with E-state index in [9.17, 15) is 83.4 Å². The van der Waals surface area contributed by atoms with Gasteiger partial charge in [0.15, 0.2) is 0 Å². The first-order chi connectivity index (χ1) is 29.4. The number of nitrogens with two attached hydrogens (primary N) is 2. The lowest BCUT2D eigenvalue weighted by Gasteiger charge is -2.30. The lowest BCUT2D eigenvalue weighted by molar-refractivity contribution is -0.146. The Morgan fingerprint density at radius 1 is 0.603 bits per heavy atom. The van der Waals surface area contributed by atoms with E-state index < -0.39 is 177 Å². The molecule has 0 aromatic heterocycles. The summed E-state index contributed by atoms with van der Waals surface area (Å²) in [6.45, 7) is -2.39. The van der Waals surface area contributed by atoms with Gasteiger partial charge in [-0.3, -0.25) is 47.9 Å². The first-order valence-corrected chi connectivity index (χ1v) is 19.1. The SMILES string of the molecule is C[C@@H](O)[C@H](NC(=O)[C@H](CCC(N)=O)NC(=O)[C@H](CO)NC(=O)[C@H](NC(=O)[C@@H](N)CC(=O)O)[C@@H](C)O)C(=O)N[C@@H](CO)C(=O)N[C@@H](CO)C(=O)N1CCC[C@H]1C(=O)N[C@@H](CO)C(=O)O. The molecular weight excluding hydrogens is 852 g/mol. The molecule has 0 aliphatic carbocycles. The van der Waals surface area contributed by atoms with Crippen LogP contribution < -0.4 is 48.7 Å². The molecule has 19 N–H and O–H groups in total. The van der Waals surface area contributed by atoms with Crippen LogP contribution in [0.5, 0.6) is 0 Å². The molecule has 0 saturated carbocycles. The maximum atomic E-state index is 13.4. The van der Waals surface area contributed by atoms with Crippen LogP contribution in [0.3, 0.4) is 0 Å². The first kappa shape index (κ1) is 54.9. The zero-order valence-electron chi connectivity index (χ0n) is 34.1. The van der Waals surface area contributed by atoms with Crippen LogP contribution in [-0.2, 0) is 52.7 Å². The van der Waals surface area contributed by atoms with E-state index in [1.165, 1.54) is 0 Å². The fraction of sp³-hybridized carbons (Fsp3) is 0.676. The Bertz CT molecular complexity index is 1680. The number of aliphatic hydroxyl groups excluding tert-OH is 6. The number of aliphatic carboxylic acids is 2. The quantitative estimate of drug-likeness (QED) is 0.0364. The van der Waals surface area contributed by atoms with Crippen LogP contribution in [0.25, 0.3) is 0 Å². The summed E-state index contributed by atoms with van der Waals surface area (Å²) in [4.78, 5) is 139. The van der Waals surface area contributed by atoms with Crippen LogP contribution in [0.1, 0.15) is 46.0 Å². The highest BCUT2D eigenvalue weighted by molar-refractivity contribution is 5.98. The lowest BCUT2D eigenvalue weighted by Crippen LogP contribution is -2.63. The van der Waals surface area contributed by atoms with Gasteiger partial charge in [-0.05, 0) is 33.1 Å². The minimum absolute atomic E-state index is 0.0505. The molecule has 1 heterocycles. The molecule has 0 aromatic carbocycles.